The maximum atomic E-state index is 14.1. The topological polar surface area (TPSA) is 161 Å². The Hall–Kier alpha value is -3.82. The molecule has 1 spiro atoms. The van der Waals surface area contributed by atoms with Gasteiger partial charge >= 0.3 is 0 Å². The molecular weight excluding hydrogens is 795 g/mol. The lowest BCUT2D eigenvalue weighted by molar-refractivity contribution is -0.144. The second-order valence-electron chi connectivity index (χ2n) is 18.4. The standard InChI is InChI=1S/C46H65N7O5S2/c1-31(33-15-17-34(18-16-33)41-32(2)48-30-60-41)49-43(57)38-25-36(54)26-53(38)44(58)42(45(3,4)5)50-39(55)13-9-10-14-40(56)52-23-20-46(21-24-52)28-51(29-46)22-19-35(47)27-59-37-11-7-6-8-12-37/h6-8,11-12,15-18,30-31,35-36,38,42,54H,9-10,13-14,19-29,47H2,1-5H3,(H,49,57)(H,50,55)/t31-,35+,36+,38-,42+/m0/s1. The van der Waals surface area contributed by atoms with E-state index in [-0.39, 0.29) is 49.2 Å². The third kappa shape index (κ3) is 12.0. The number of unbranched alkanes of at least 4 members (excludes halogenated alkanes) is 1. The van der Waals surface area contributed by atoms with Gasteiger partial charge in [-0.2, -0.15) is 0 Å². The fourth-order valence-electron chi connectivity index (χ4n) is 8.73. The van der Waals surface area contributed by atoms with Crippen LogP contribution in [0.2, 0.25) is 0 Å². The van der Waals surface area contributed by atoms with Crippen molar-refractivity contribution in [1.29, 1.82) is 0 Å². The molecule has 0 unspecified atom stereocenters. The van der Waals surface area contributed by atoms with E-state index in [2.05, 4.69) is 44.8 Å². The number of aryl methyl sites for hydroxylation is 1. The molecule has 3 fully saturated rings. The molecule has 3 aliphatic rings. The van der Waals surface area contributed by atoms with E-state index in [1.807, 2.05) is 87.1 Å². The first-order chi connectivity index (χ1) is 28.6. The van der Waals surface area contributed by atoms with Gasteiger partial charge in [-0.1, -0.05) is 63.2 Å². The van der Waals surface area contributed by atoms with Gasteiger partial charge in [-0.05, 0) is 86.6 Å². The highest BCUT2D eigenvalue weighted by atomic mass is 32.2. The Morgan fingerprint density at radius 2 is 1.68 bits per heavy atom. The molecule has 0 saturated carbocycles. The number of β-amino-alcohol motifs (C(OH)–C–C–N with tert-alkyl or cyclic N) is 1. The van der Waals surface area contributed by atoms with Crippen LogP contribution in [0.3, 0.4) is 0 Å². The van der Waals surface area contributed by atoms with Gasteiger partial charge in [0.2, 0.25) is 23.6 Å². The number of nitrogens with zero attached hydrogens (tertiary/aromatic N) is 4. The average molecular weight is 860 g/mol. The number of thiazole rings is 1. The molecule has 0 radical (unpaired) electrons. The zero-order valence-electron chi connectivity index (χ0n) is 36.0. The quantitative estimate of drug-likeness (QED) is 0.0975. The molecule has 5 atom stereocenters. The van der Waals surface area contributed by atoms with E-state index in [1.54, 1.807) is 11.3 Å². The van der Waals surface area contributed by atoms with Crippen molar-refractivity contribution in [3.8, 4) is 10.4 Å². The number of hydrogen-bond acceptors (Lipinski definition) is 10. The number of benzene rings is 2. The number of amides is 4. The van der Waals surface area contributed by atoms with E-state index in [9.17, 15) is 24.3 Å². The van der Waals surface area contributed by atoms with Crippen LogP contribution in [0.25, 0.3) is 10.4 Å². The number of nitrogens with one attached hydrogen (secondary N) is 2. The summed E-state index contributed by atoms with van der Waals surface area (Å²) in [5, 5.41) is 16.6. The van der Waals surface area contributed by atoms with Crippen molar-refractivity contribution in [3.63, 3.8) is 0 Å². The second-order valence-corrected chi connectivity index (χ2v) is 20.3. The molecule has 12 nitrogen and oxygen atoms in total. The number of piperidine rings is 1. The number of aliphatic hydroxyl groups is 1. The van der Waals surface area contributed by atoms with Crippen LogP contribution in [0.5, 0.6) is 0 Å². The lowest BCUT2D eigenvalue weighted by Crippen LogP contribution is -2.61. The second kappa shape index (κ2) is 20.4. The van der Waals surface area contributed by atoms with Crippen LogP contribution in [0, 0.1) is 17.8 Å². The zero-order chi connectivity index (χ0) is 43.0. The van der Waals surface area contributed by atoms with Crippen LogP contribution in [0.1, 0.15) is 96.4 Å². The molecule has 0 aliphatic carbocycles. The Bertz CT molecular complexity index is 1900. The number of carbonyl (C=O) groups excluding carboxylic acids is 4. The molecule has 60 heavy (non-hydrogen) atoms. The van der Waals surface area contributed by atoms with Gasteiger partial charge in [0, 0.05) is 68.7 Å². The summed E-state index contributed by atoms with van der Waals surface area (Å²) >= 11 is 3.40. The third-order valence-electron chi connectivity index (χ3n) is 12.4. The van der Waals surface area contributed by atoms with Crippen molar-refractivity contribution in [1.82, 2.24) is 30.3 Å². The summed E-state index contributed by atoms with van der Waals surface area (Å²) in [6, 6.07) is 16.4. The highest BCUT2D eigenvalue weighted by Gasteiger charge is 2.46. The molecular formula is C46H65N7O5S2. The maximum absolute atomic E-state index is 14.1. The summed E-state index contributed by atoms with van der Waals surface area (Å²) in [5.41, 5.74) is 10.8. The first-order valence-electron chi connectivity index (χ1n) is 21.6. The lowest BCUT2D eigenvalue weighted by atomic mass is 9.72. The minimum Gasteiger partial charge on any atom is -0.391 e. The highest BCUT2D eigenvalue weighted by molar-refractivity contribution is 7.99. The minimum absolute atomic E-state index is 0.0121. The monoisotopic (exact) mass is 859 g/mol. The molecule has 4 heterocycles. The Morgan fingerprint density at radius 3 is 2.33 bits per heavy atom. The van der Waals surface area contributed by atoms with Gasteiger partial charge in [0.15, 0.2) is 0 Å². The highest BCUT2D eigenvalue weighted by Crippen LogP contribution is 2.41. The Balaban J connectivity index is 0.894. The van der Waals surface area contributed by atoms with Crippen LogP contribution < -0.4 is 16.4 Å². The summed E-state index contributed by atoms with van der Waals surface area (Å²) < 4.78 is 0. The van der Waals surface area contributed by atoms with Crippen LogP contribution in [0.15, 0.2) is 65.0 Å². The third-order valence-corrected chi connectivity index (χ3v) is 14.6. The molecule has 326 valence electrons. The molecule has 3 saturated heterocycles. The summed E-state index contributed by atoms with van der Waals surface area (Å²) in [4.78, 5) is 66.7. The number of thioether (sulfide) groups is 1. The molecule has 3 aliphatic heterocycles. The van der Waals surface area contributed by atoms with Crippen LogP contribution in [-0.4, -0.2) is 118 Å². The lowest BCUT2D eigenvalue weighted by Gasteiger charge is -2.54. The molecule has 0 bridgehead atoms. The van der Waals surface area contributed by atoms with Crippen molar-refractivity contribution < 1.29 is 24.3 Å². The largest absolute Gasteiger partial charge is 0.391 e. The minimum atomic E-state index is -0.897. The molecule has 1 aromatic heterocycles. The van der Waals surface area contributed by atoms with Crippen molar-refractivity contribution in [2.75, 3.05) is 45.0 Å². The number of nitrogens with two attached hydrogens (primary N) is 1. The van der Waals surface area contributed by atoms with Gasteiger partial charge in [-0.15, -0.1) is 23.1 Å². The molecule has 4 amide bonds. The summed E-state index contributed by atoms with van der Waals surface area (Å²) in [7, 11) is 0. The van der Waals surface area contributed by atoms with Crippen molar-refractivity contribution in [2.24, 2.45) is 16.6 Å². The molecule has 14 heteroatoms. The number of likely N-dealkylation sites (tertiary alicyclic amines) is 3. The number of aliphatic hydroxyl groups excluding tert-OH is 1. The smallest absolute Gasteiger partial charge is 0.246 e. The summed E-state index contributed by atoms with van der Waals surface area (Å²) in [6.07, 6.45) is 3.99. The molecule has 5 N–H and O–H groups in total. The molecule has 3 aromatic rings. The summed E-state index contributed by atoms with van der Waals surface area (Å²) in [6.45, 7) is 14.2. The normalized spacial score (nSPS) is 20.6. The van der Waals surface area contributed by atoms with Crippen LogP contribution in [0.4, 0.5) is 0 Å². The van der Waals surface area contributed by atoms with Gasteiger partial charge in [0.25, 0.3) is 0 Å². The Kier molecular flexibility index (Phi) is 15.5. The fourth-order valence-corrected chi connectivity index (χ4v) is 10.5. The SMILES string of the molecule is Cc1ncsc1-c1ccc([C@H](C)NC(=O)[C@@H]2C[C@@H](O)CN2C(=O)[C@@H](NC(=O)CCCCC(=O)N2CCC3(CC2)CN(CC[C@@H](N)CSc2ccccc2)C3)C(C)(C)C)cc1. The van der Waals surface area contributed by atoms with Gasteiger partial charge in [0.1, 0.15) is 12.1 Å². The number of aromatic nitrogens is 1. The van der Waals surface area contributed by atoms with E-state index in [1.165, 1.54) is 9.80 Å². The molecule has 6 rings (SSSR count). The van der Waals surface area contributed by atoms with Gasteiger partial charge in [-0.3, -0.25) is 19.2 Å². The van der Waals surface area contributed by atoms with E-state index in [0.717, 1.165) is 79.4 Å². The van der Waals surface area contributed by atoms with E-state index in [4.69, 9.17) is 5.73 Å². The predicted molar refractivity (Wildman–Crippen MR) is 239 cm³/mol. The first-order valence-corrected chi connectivity index (χ1v) is 23.5. The zero-order valence-corrected chi connectivity index (χ0v) is 37.7. The van der Waals surface area contributed by atoms with E-state index in [0.29, 0.717) is 24.7 Å². The van der Waals surface area contributed by atoms with E-state index >= 15 is 0 Å². The van der Waals surface area contributed by atoms with Gasteiger partial charge in [-0.25, -0.2) is 4.98 Å². The summed E-state index contributed by atoms with van der Waals surface area (Å²) in [5.74, 6) is 0.0504. The van der Waals surface area contributed by atoms with Crippen molar-refractivity contribution in [2.45, 2.75) is 121 Å². The van der Waals surface area contributed by atoms with Crippen LogP contribution >= 0.6 is 23.1 Å². The first kappa shape index (κ1) is 45.7. The molecule has 2 aromatic carbocycles. The van der Waals surface area contributed by atoms with Gasteiger partial charge in [0.05, 0.1) is 28.2 Å². The van der Waals surface area contributed by atoms with Crippen molar-refractivity contribution in [3.05, 3.63) is 71.4 Å². The number of carbonyl (C=O) groups is 4. The van der Waals surface area contributed by atoms with Crippen LogP contribution in [-0.2, 0) is 19.2 Å². The van der Waals surface area contributed by atoms with Gasteiger partial charge < -0.3 is 36.2 Å². The predicted octanol–water partition coefficient (Wildman–Crippen LogP) is 5.78. The Morgan fingerprint density at radius 1 is 1.00 bits per heavy atom. The average Bonchev–Trinajstić information content (AvgIpc) is 3.84. The van der Waals surface area contributed by atoms with Crippen molar-refractivity contribution >= 4 is 46.7 Å². The van der Waals surface area contributed by atoms with E-state index < -0.39 is 29.5 Å². The fraction of sp³-hybridized carbons (Fsp3) is 0.587. The maximum Gasteiger partial charge on any atom is 0.246 e. The Labute approximate surface area is 364 Å². The number of rotatable bonds is 17. The number of hydrogen-bond donors (Lipinski definition) is 4.